The number of rotatable bonds is 7. The van der Waals surface area contributed by atoms with Gasteiger partial charge >= 0.3 is 6.18 Å². The Bertz CT molecular complexity index is 1700. The van der Waals surface area contributed by atoms with Gasteiger partial charge in [-0.05, 0) is 72.0 Å². The van der Waals surface area contributed by atoms with Gasteiger partial charge < -0.3 is 10.6 Å². The van der Waals surface area contributed by atoms with Crippen LogP contribution in [0.3, 0.4) is 0 Å². The van der Waals surface area contributed by atoms with Crippen LogP contribution in [0.25, 0.3) is 22.0 Å². The minimum Gasteiger partial charge on any atom is -0.345 e. The van der Waals surface area contributed by atoms with Gasteiger partial charge in [0, 0.05) is 30.4 Å². The number of nitrogens with zero attached hydrogens (tertiary/aromatic N) is 4. The molecule has 5 rings (SSSR count). The Morgan fingerprint density at radius 1 is 1.05 bits per heavy atom. The summed E-state index contributed by atoms with van der Waals surface area (Å²) in [4.78, 5) is 21.9. The summed E-state index contributed by atoms with van der Waals surface area (Å²) >= 11 is 0. The Morgan fingerprint density at radius 3 is 2.60 bits per heavy atom. The van der Waals surface area contributed by atoms with Crippen LogP contribution in [0, 0.1) is 6.92 Å². The highest BCUT2D eigenvalue weighted by Gasteiger charge is 2.31. The van der Waals surface area contributed by atoms with Gasteiger partial charge in [-0.3, -0.25) is 9.48 Å². The van der Waals surface area contributed by atoms with Gasteiger partial charge in [-0.2, -0.15) is 18.3 Å². The van der Waals surface area contributed by atoms with Crippen molar-refractivity contribution in [2.45, 2.75) is 32.5 Å². The van der Waals surface area contributed by atoms with E-state index in [4.69, 9.17) is 0 Å². The van der Waals surface area contributed by atoms with Crippen molar-refractivity contribution in [2.75, 3.05) is 5.32 Å². The van der Waals surface area contributed by atoms with Gasteiger partial charge in [-0.25, -0.2) is 9.97 Å². The fourth-order valence-corrected chi connectivity index (χ4v) is 4.54. The third-order valence-electron chi connectivity index (χ3n) is 6.68. The summed E-state index contributed by atoms with van der Waals surface area (Å²) in [6.45, 7) is 3.92. The standard InChI is InChI=1S/C30H27F3N6O/c1-4-26(37-28(40)21-6-5-7-23(13-21)30(31,32)33)20-9-8-18(2)25(14-20)19-10-11-27-22(12-19)15-34-29(38-27)36-24-16-35-39(3)17-24/h5-17,26H,4H2,1-3H3,(H,37,40)(H,34,36,38). The highest BCUT2D eigenvalue weighted by atomic mass is 19.4. The minimum atomic E-state index is -4.52. The number of halogens is 3. The minimum absolute atomic E-state index is 0.0347. The summed E-state index contributed by atoms with van der Waals surface area (Å²) in [5.41, 5.74) is 4.51. The summed E-state index contributed by atoms with van der Waals surface area (Å²) in [6.07, 6.45) is 1.32. The predicted octanol–water partition coefficient (Wildman–Crippen LogP) is 6.98. The monoisotopic (exact) mass is 544 g/mol. The van der Waals surface area contributed by atoms with Crippen LogP contribution in [0.15, 0.2) is 79.3 Å². The zero-order chi connectivity index (χ0) is 28.4. The molecule has 0 saturated heterocycles. The summed E-state index contributed by atoms with van der Waals surface area (Å²) < 4.78 is 41.1. The first-order valence-electron chi connectivity index (χ1n) is 12.7. The summed E-state index contributed by atoms with van der Waals surface area (Å²) in [6, 6.07) is 15.9. The molecule has 0 aliphatic carbocycles. The molecule has 1 unspecified atom stereocenters. The second-order valence-corrected chi connectivity index (χ2v) is 9.58. The molecule has 0 aliphatic rings. The molecule has 40 heavy (non-hydrogen) atoms. The maximum Gasteiger partial charge on any atom is 0.416 e. The quantitative estimate of drug-likeness (QED) is 0.231. The molecule has 0 saturated carbocycles. The Kier molecular flexibility index (Phi) is 7.25. The van der Waals surface area contributed by atoms with E-state index < -0.39 is 17.6 Å². The van der Waals surface area contributed by atoms with Crippen molar-refractivity contribution in [3.63, 3.8) is 0 Å². The van der Waals surface area contributed by atoms with Gasteiger partial charge in [0.1, 0.15) is 0 Å². The van der Waals surface area contributed by atoms with Crippen LogP contribution >= 0.6 is 0 Å². The second-order valence-electron chi connectivity index (χ2n) is 9.58. The lowest BCUT2D eigenvalue weighted by molar-refractivity contribution is -0.137. The second kappa shape index (κ2) is 10.8. The maximum absolute atomic E-state index is 13.1. The lowest BCUT2D eigenvalue weighted by Gasteiger charge is -2.20. The first-order valence-corrected chi connectivity index (χ1v) is 12.7. The third kappa shape index (κ3) is 5.80. The number of hydrogen-bond acceptors (Lipinski definition) is 5. The van der Waals surface area contributed by atoms with Gasteiger partial charge in [0.05, 0.1) is 29.0 Å². The molecule has 1 atom stereocenters. The molecular formula is C30H27F3N6O. The number of benzene rings is 3. The van der Waals surface area contributed by atoms with Gasteiger partial charge in [-0.15, -0.1) is 0 Å². The molecule has 0 spiro atoms. The van der Waals surface area contributed by atoms with Crippen molar-refractivity contribution in [3.05, 3.63) is 102 Å². The molecule has 2 N–H and O–H groups in total. The van der Waals surface area contributed by atoms with Crippen LogP contribution in [0.1, 0.15) is 46.4 Å². The largest absolute Gasteiger partial charge is 0.416 e. The number of hydrogen-bond donors (Lipinski definition) is 2. The van der Waals surface area contributed by atoms with Gasteiger partial charge in [0.15, 0.2) is 0 Å². The number of aryl methyl sites for hydroxylation is 2. The summed E-state index contributed by atoms with van der Waals surface area (Å²) in [7, 11) is 1.83. The number of carbonyl (C=O) groups excluding carboxylic acids is 1. The van der Waals surface area contributed by atoms with Crippen molar-refractivity contribution < 1.29 is 18.0 Å². The molecule has 3 aromatic carbocycles. The van der Waals surface area contributed by atoms with Gasteiger partial charge in [0.2, 0.25) is 5.95 Å². The average Bonchev–Trinajstić information content (AvgIpc) is 3.35. The van der Waals surface area contributed by atoms with E-state index in [0.29, 0.717) is 12.4 Å². The lowest BCUT2D eigenvalue weighted by Crippen LogP contribution is -2.28. The smallest absolute Gasteiger partial charge is 0.345 e. The highest BCUT2D eigenvalue weighted by molar-refractivity contribution is 5.94. The van der Waals surface area contributed by atoms with E-state index in [0.717, 1.165) is 51.0 Å². The Hall–Kier alpha value is -4.73. The van der Waals surface area contributed by atoms with E-state index in [1.807, 2.05) is 63.5 Å². The maximum atomic E-state index is 13.1. The molecule has 0 radical (unpaired) electrons. The van der Waals surface area contributed by atoms with Crippen molar-refractivity contribution in [1.29, 1.82) is 0 Å². The van der Waals surface area contributed by atoms with Crippen LogP contribution < -0.4 is 10.6 Å². The van der Waals surface area contributed by atoms with E-state index in [2.05, 4.69) is 25.7 Å². The van der Waals surface area contributed by atoms with Gasteiger partial charge in [0.25, 0.3) is 5.91 Å². The number of aromatic nitrogens is 4. The van der Waals surface area contributed by atoms with E-state index in [-0.39, 0.29) is 11.6 Å². The van der Waals surface area contributed by atoms with Crippen molar-refractivity contribution in [2.24, 2.45) is 7.05 Å². The van der Waals surface area contributed by atoms with E-state index in [1.54, 1.807) is 17.1 Å². The average molecular weight is 545 g/mol. The zero-order valence-corrected chi connectivity index (χ0v) is 22.1. The third-order valence-corrected chi connectivity index (χ3v) is 6.68. The Balaban J connectivity index is 1.39. The van der Waals surface area contributed by atoms with E-state index in [9.17, 15) is 18.0 Å². The van der Waals surface area contributed by atoms with Crippen LogP contribution in [-0.4, -0.2) is 25.7 Å². The van der Waals surface area contributed by atoms with Crippen LogP contribution in [0.2, 0.25) is 0 Å². The fraction of sp³-hybridized carbons (Fsp3) is 0.200. The van der Waals surface area contributed by atoms with Crippen molar-refractivity contribution in [1.82, 2.24) is 25.1 Å². The Morgan fingerprint density at radius 2 is 1.88 bits per heavy atom. The van der Waals surface area contributed by atoms with Gasteiger partial charge in [-0.1, -0.05) is 31.2 Å². The predicted molar refractivity (Wildman–Crippen MR) is 148 cm³/mol. The van der Waals surface area contributed by atoms with Crippen LogP contribution in [-0.2, 0) is 13.2 Å². The van der Waals surface area contributed by atoms with E-state index in [1.165, 1.54) is 12.1 Å². The number of alkyl halides is 3. The van der Waals surface area contributed by atoms with Crippen molar-refractivity contribution >= 4 is 28.4 Å². The molecule has 5 aromatic rings. The molecular weight excluding hydrogens is 517 g/mol. The van der Waals surface area contributed by atoms with Crippen LogP contribution in [0.4, 0.5) is 24.8 Å². The van der Waals surface area contributed by atoms with E-state index >= 15 is 0 Å². The number of nitrogens with one attached hydrogen (secondary N) is 2. The SMILES string of the molecule is CCC(NC(=O)c1cccc(C(F)(F)F)c1)c1ccc(C)c(-c2ccc3nc(Nc4cnn(C)c4)ncc3c2)c1. The molecule has 204 valence electrons. The number of amides is 1. The molecule has 2 aromatic heterocycles. The molecule has 0 bridgehead atoms. The van der Waals surface area contributed by atoms with Crippen molar-refractivity contribution in [3.8, 4) is 11.1 Å². The first kappa shape index (κ1) is 26.9. The molecule has 10 heteroatoms. The first-order chi connectivity index (χ1) is 19.1. The van der Waals surface area contributed by atoms with Crippen LogP contribution in [0.5, 0.6) is 0 Å². The highest BCUT2D eigenvalue weighted by Crippen LogP contribution is 2.32. The topological polar surface area (TPSA) is 84.7 Å². The molecule has 7 nitrogen and oxygen atoms in total. The summed E-state index contributed by atoms with van der Waals surface area (Å²) in [5.74, 6) is -0.0904. The number of anilines is 2. The number of fused-ring (bicyclic) bond motifs is 1. The molecule has 1 amide bonds. The zero-order valence-electron chi connectivity index (χ0n) is 22.1. The summed E-state index contributed by atoms with van der Waals surface area (Å²) in [5, 5.41) is 11.0. The lowest BCUT2D eigenvalue weighted by atomic mass is 9.94. The fourth-order valence-electron chi connectivity index (χ4n) is 4.54. The molecule has 2 heterocycles. The Labute approximate surface area is 229 Å². The molecule has 0 aliphatic heterocycles. The number of carbonyl (C=O) groups is 1. The normalized spacial score (nSPS) is 12.3. The molecule has 0 fully saturated rings.